The largest absolute Gasteiger partial charge is 0.460 e. The summed E-state index contributed by atoms with van der Waals surface area (Å²) in [5, 5.41) is 9.09. The van der Waals surface area contributed by atoms with Crippen LogP contribution in [0.1, 0.15) is 53.3 Å². The van der Waals surface area contributed by atoms with Gasteiger partial charge < -0.3 is 13.6 Å². The Kier molecular flexibility index (Phi) is 6.40. The normalized spacial score (nSPS) is 15.4. The van der Waals surface area contributed by atoms with Crippen molar-refractivity contribution in [2.24, 2.45) is 0 Å². The van der Waals surface area contributed by atoms with Crippen molar-refractivity contribution in [2.45, 2.75) is 44.4 Å². The highest BCUT2D eigenvalue weighted by atomic mass is 32.2. The number of ether oxygens (including phenoxy) is 1. The Morgan fingerprint density at radius 2 is 1.86 bits per heavy atom. The molecular weight excluding hydrogens is 482 g/mol. The number of hydrogen-bond donors (Lipinski definition) is 0. The number of piperidine rings is 1. The molecule has 10 heteroatoms. The number of esters is 1. The van der Waals surface area contributed by atoms with E-state index in [0.717, 1.165) is 11.1 Å². The molecule has 1 aliphatic heterocycles. The number of nitrogens with zero attached hydrogens (tertiary/aromatic N) is 3. The zero-order valence-corrected chi connectivity index (χ0v) is 21.2. The van der Waals surface area contributed by atoms with E-state index in [9.17, 15) is 13.2 Å². The first-order valence-electron chi connectivity index (χ1n) is 11.9. The standard InChI is InChI=1S/C26H27N3O6S/c1-4-33-26(30)23-17(3)21-9-8-20(15-22(21)34-23)36(31,32)29-12-10-18(11-13-29)24-27-28-25(35-24)19-7-5-6-16(2)14-19/h5-9,14-15,18H,4,10-13H2,1-3H3. The predicted molar refractivity (Wildman–Crippen MR) is 132 cm³/mol. The molecular formula is C26H27N3O6S. The highest BCUT2D eigenvalue weighted by Gasteiger charge is 2.33. The van der Waals surface area contributed by atoms with Crippen LogP contribution in [0.5, 0.6) is 0 Å². The van der Waals surface area contributed by atoms with Gasteiger partial charge >= 0.3 is 5.97 Å². The van der Waals surface area contributed by atoms with Gasteiger partial charge in [-0.2, -0.15) is 4.31 Å². The molecule has 0 atom stereocenters. The Morgan fingerprint density at radius 1 is 1.08 bits per heavy atom. The molecule has 1 aliphatic rings. The molecule has 0 aliphatic carbocycles. The van der Waals surface area contributed by atoms with E-state index in [4.69, 9.17) is 13.6 Å². The van der Waals surface area contributed by atoms with Crippen molar-refractivity contribution in [3.05, 3.63) is 65.2 Å². The van der Waals surface area contributed by atoms with E-state index in [1.165, 1.54) is 10.4 Å². The number of carbonyl (C=O) groups is 1. The Balaban J connectivity index is 1.31. The lowest BCUT2D eigenvalue weighted by Gasteiger charge is -2.29. The summed E-state index contributed by atoms with van der Waals surface area (Å²) in [6, 6.07) is 12.5. The predicted octanol–water partition coefficient (Wildman–Crippen LogP) is 4.84. The second-order valence-corrected chi connectivity index (χ2v) is 10.9. The zero-order valence-electron chi connectivity index (χ0n) is 20.4. The Labute approximate surface area is 209 Å². The van der Waals surface area contributed by atoms with Crippen molar-refractivity contribution >= 4 is 27.0 Å². The van der Waals surface area contributed by atoms with E-state index in [0.29, 0.717) is 54.2 Å². The number of benzene rings is 2. The van der Waals surface area contributed by atoms with Crippen LogP contribution in [0.4, 0.5) is 0 Å². The summed E-state index contributed by atoms with van der Waals surface area (Å²) in [7, 11) is -3.75. The third-order valence-electron chi connectivity index (χ3n) is 6.52. The van der Waals surface area contributed by atoms with E-state index < -0.39 is 16.0 Å². The number of fused-ring (bicyclic) bond motifs is 1. The lowest BCUT2D eigenvalue weighted by atomic mass is 9.98. The molecule has 2 aromatic heterocycles. The molecule has 1 saturated heterocycles. The molecule has 0 saturated carbocycles. The number of sulfonamides is 1. The van der Waals surface area contributed by atoms with Crippen LogP contribution in [0.2, 0.25) is 0 Å². The molecule has 0 spiro atoms. The van der Waals surface area contributed by atoms with E-state index >= 15 is 0 Å². The second-order valence-electron chi connectivity index (χ2n) is 8.93. The first kappa shape index (κ1) is 24.2. The average molecular weight is 510 g/mol. The van der Waals surface area contributed by atoms with Crippen molar-refractivity contribution < 1.29 is 26.8 Å². The van der Waals surface area contributed by atoms with Gasteiger partial charge in [-0.1, -0.05) is 17.7 Å². The number of carbonyl (C=O) groups excluding carboxylic acids is 1. The fourth-order valence-corrected chi connectivity index (χ4v) is 6.03. The number of aromatic nitrogens is 2. The van der Waals surface area contributed by atoms with Gasteiger partial charge in [0.1, 0.15) is 5.58 Å². The van der Waals surface area contributed by atoms with Crippen LogP contribution in [0, 0.1) is 13.8 Å². The van der Waals surface area contributed by atoms with Gasteiger partial charge in [0, 0.05) is 41.6 Å². The fourth-order valence-electron chi connectivity index (χ4n) is 4.54. The molecule has 1 fully saturated rings. The van der Waals surface area contributed by atoms with Gasteiger partial charge in [0.25, 0.3) is 0 Å². The SMILES string of the molecule is CCOC(=O)c1oc2cc(S(=O)(=O)N3CCC(c4nnc(-c5cccc(C)c5)o4)CC3)ccc2c1C. The quantitative estimate of drug-likeness (QED) is 0.339. The Morgan fingerprint density at radius 3 is 2.58 bits per heavy atom. The Bertz CT molecular complexity index is 1530. The van der Waals surface area contributed by atoms with E-state index in [1.54, 1.807) is 26.0 Å². The molecule has 0 unspecified atom stereocenters. The van der Waals surface area contributed by atoms with Crippen LogP contribution in [-0.2, 0) is 14.8 Å². The summed E-state index contributed by atoms with van der Waals surface area (Å²) in [6.07, 6.45) is 1.15. The van der Waals surface area contributed by atoms with E-state index in [1.807, 2.05) is 31.2 Å². The van der Waals surface area contributed by atoms with Crippen LogP contribution in [-0.4, -0.2) is 48.6 Å². The number of rotatable bonds is 6. The molecule has 2 aromatic carbocycles. The van der Waals surface area contributed by atoms with E-state index in [2.05, 4.69) is 10.2 Å². The first-order valence-corrected chi connectivity index (χ1v) is 13.3. The summed E-state index contributed by atoms with van der Waals surface area (Å²) in [4.78, 5) is 12.3. The smallest absolute Gasteiger partial charge is 0.374 e. The van der Waals surface area contributed by atoms with Crippen LogP contribution in [0.3, 0.4) is 0 Å². The molecule has 36 heavy (non-hydrogen) atoms. The third-order valence-corrected chi connectivity index (χ3v) is 8.41. The molecule has 0 bridgehead atoms. The number of hydrogen-bond acceptors (Lipinski definition) is 8. The van der Waals surface area contributed by atoms with Crippen LogP contribution in [0.15, 0.2) is 56.2 Å². The molecule has 9 nitrogen and oxygen atoms in total. The second kappa shape index (κ2) is 9.51. The van der Waals surface area contributed by atoms with Crippen molar-refractivity contribution in [3.8, 4) is 11.5 Å². The van der Waals surface area contributed by atoms with E-state index in [-0.39, 0.29) is 23.2 Å². The molecule has 188 valence electrons. The summed E-state index contributed by atoms with van der Waals surface area (Å²) < 4.78 is 44.8. The summed E-state index contributed by atoms with van der Waals surface area (Å²) in [5.74, 6) is 0.511. The van der Waals surface area contributed by atoms with Crippen LogP contribution >= 0.6 is 0 Å². The van der Waals surface area contributed by atoms with Gasteiger partial charge in [0.05, 0.1) is 11.5 Å². The lowest BCUT2D eigenvalue weighted by Crippen LogP contribution is -2.37. The molecule has 0 radical (unpaired) electrons. The van der Waals surface area contributed by atoms with Gasteiger partial charge in [0.2, 0.25) is 27.6 Å². The lowest BCUT2D eigenvalue weighted by molar-refractivity contribution is 0.0491. The summed E-state index contributed by atoms with van der Waals surface area (Å²) in [6.45, 7) is 6.35. The van der Waals surface area contributed by atoms with Crippen molar-refractivity contribution in [3.63, 3.8) is 0 Å². The van der Waals surface area contributed by atoms with Gasteiger partial charge in [-0.15, -0.1) is 10.2 Å². The fraction of sp³-hybridized carbons (Fsp3) is 0.346. The van der Waals surface area contributed by atoms with Gasteiger partial charge in [-0.3, -0.25) is 0 Å². The maximum Gasteiger partial charge on any atom is 0.374 e. The minimum absolute atomic E-state index is 0.00940. The van der Waals surface area contributed by atoms with Crippen molar-refractivity contribution in [1.82, 2.24) is 14.5 Å². The molecule has 4 aromatic rings. The maximum atomic E-state index is 13.4. The molecule has 0 N–H and O–H groups in total. The minimum atomic E-state index is -3.75. The molecule has 3 heterocycles. The van der Waals surface area contributed by atoms with Gasteiger partial charge in [0.15, 0.2) is 0 Å². The van der Waals surface area contributed by atoms with Crippen molar-refractivity contribution in [2.75, 3.05) is 19.7 Å². The average Bonchev–Trinajstić information content (AvgIpc) is 3.49. The maximum absolute atomic E-state index is 13.4. The number of aryl methyl sites for hydroxylation is 2. The van der Waals surface area contributed by atoms with Crippen molar-refractivity contribution in [1.29, 1.82) is 0 Å². The Hall–Kier alpha value is -3.50. The third kappa shape index (κ3) is 4.42. The highest BCUT2D eigenvalue weighted by molar-refractivity contribution is 7.89. The first-order chi connectivity index (χ1) is 17.3. The highest BCUT2D eigenvalue weighted by Crippen LogP contribution is 2.33. The van der Waals surface area contributed by atoms with Crippen LogP contribution < -0.4 is 0 Å². The van der Waals surface area contributed by atoms with Gasteiger partial charge in [-0.25, -0.2) is 13.2 Å². The summed E-state index contributed by atoms with van der Waals surface area (Å²) >= 11 is 0. The topological polar surface area (TPSA) is 116 Å². The van der Waals surface area contributed by atoms with Gasteiger partial charge in [-0.05, 0) is 57.9 Å². The summed E-state index contributed by atoms with van der Waals surface area (Å²) in [5.41, 5.74) is 2.92. The van der Waals surface area contributed by atoms with Crippen LogP contribution in [0.25, 0.3) is 22.4 Å². The zero-order chi connectivity index (χ0) is 25.4. The monoisotopic (exact) mass is 509 g/mol. The molecule has 5 rings (SSSR count). The molecule has 0 amide bonds. The minimum Gasteiger partial charge on any atom is -0.460 e. The number of furan rings is 1.